The summed E-state index contributed by atoms with van der Waals surface area (Å²) in [7, 11) is 0. The van der Waals surface area contributed by atoms with Gasteiger partial charge in [-0.25, -0.2) is 4.79 Å². The van der Waals surface area contributed by atoms with E-state index < -0.39 is 12.1 Å². The maximum absolute atomic E-state index is 11.8. The number of halogens is 3. The quantitative estimate of drug-likeness (QED) is 0.724. The fourth-order valence-corrected chi connectivity index (χ4v) is 1.23. The second kappa shape index (κ2) is 4.36. The van der Waals surface area contributed by atoms with Gasteiger partial charge >= 0.3 is 12.1 Å². The molecule has 0 aromatic heterocycles. The molecule has 88 valence electrons. The second-order valence-electron chi connectivity index (χ2n) is 3.21. The van der Waals surface area contributed by atoms with Crippen LogP contribution in [0.25, 0.3) is 0 Å². The normalized spacial score (nSPS) is 27.3. The van der Waals surface area contributed by atoms with Crippen LogP contribution in [-0.2, 0) is 14.4 Å². The molecule has 0 N–H and O–H groups in total. The molecule has 0 aromatic rings. The number of alkyl halides is 3. The van der Waals surface area contributed by atoms with Crippen LogP contribution in [0, 0.1) is 0 Å². The highest BCUT2D eigenvalue weighted by molar-refractivity contribution is 5.75. The number of hydrogen-bond donors (Lipinski definition) is 0. The lowest BCUT2D eigenvalue weighted by atomic mass is 10.1. The molecular formula is C8H12F3NO3. The Labute approximate surface area is 84.9 Å². The van der Waals surface area contributed by atoms with E-state index in [-0.39, 0.29) is 18.7 Å². The van der Waals surface area contributed by atoms with Crippen molar-refractivity contribution < 1.29 is 27.5 Å². The Morgan fingerprint density at radius 2 is 2.13 bits per heavy atom. The van der Waals surface area contributed by atoms with E-state index in [0.29, 0.717) is 6.61 Å². The lowest BCUT2D eigenvalue weighted by Gasteiger charge is -2.43. The first-order chi connectivity index (χ1) is 6.86. The number of hydroxylamine groups is 2. The van der Waals surface area contributed by atoms with Gasteiger partial charge in [-0.3, -0.25) is 0 Å². The molecule has 1 rings (SSSR count). The molecule has 0 bridgehead atoms. The van der Waals surface area contributed by atoms with Crippen molar-refractivity contribution in [2.24, 2.45) is 0 Å². The van der Waals surface area contributed by atoms with Gasteiger partial charge in [-0.1, -0.05) is 0 Å². The fraction of sp³-hybridized carbons (Fsp3) is 0.875. The monoisotopic (exact) mass is 227 g/mol. The third kappa shape index (κ3) is 2.82. The van der Waals surface area contributed by atoms with Crippen molar-refractivity contribution in [2.75, 3.05) is 13.2 Å². The van der Waals surface area contributed by atoms with Crippen molar-refractivity contribution in [3.8, 4) is 0 Å². The minimum Gasteiger partial charge on any atom is -0.375 e. The SMILES string of the molecule is CCO[C@@H]1CN(OC(=O)C(F)(F)F)[C@H]1C. The summed E-state index contributed by atoms with van der Waals surface area (Å²) in [5.74, 6) is -2.19. The van der Waals surface area contributed by atoms with E-state index in [1.807, 2.05) is 0 Å². The Hall–Kier alpha value is -0.820. The number of hydrogen-bond acceptors (Lipinski definition) is 4. The molecule has 0 aliphatic carbocycles. The van der Waals surface area contributed by atoms with Gasteiger partial charge in [0.1, 0.15) is 0 Å². The minimum atomic E-state index is -4.95. The highest BCUT2D eigenvalue weighted by Gasteiger charge is 2.47. The van der Waals surface area contributed by atoms with Crippen LogP contribution in [0.1, 0.15) is 13.8 Å². The molecule has 1 heterocycles. The number of rotatable bonds is 3. The van der Waals surface area contributed by atoms with Gasteiger partial charge in [0.2, 0.25) is 0 Å². The molecule has 2 atom stereocenters. The van der Waals surface area contributed by atoms with Gasteiger partial charge in [0, 0.05) is 6.61 Å². The van der Waals surface area contributed by atoms with Crippen molar-refractivity contribution >= 4 is 5.97 Å². The molecule has 0 spiro atoms. The Morgan fingerprint density at radius 1 is 1.53 bits per heavy atom. The molecule has 0 aromatic carbocycles. The van der Waals surface area contributed by atoms with Crippen LogP contribution < -0.4 is 0 Å². The molecule has 1 fully saturated rings. The van der Waals surface area contributed by atoms with E-state index >= 15 is 0 Å². The summed E-state index contributed by atoms with van der Waals surface area (Å²) in [4.78, 5) is 14.6. The Kier molecular flexibility index (Phi) is 3.56. The third-order valence-electron chi connectivity index (χ3n) is 2.16. The van der Waals surface area contributed by atoms with Crippen molar-refractivity contribution in [1.82, 2.24) is 5.06 Å². The molecule has 15 heavy (non-hydrogen) atoms. The predicted octanol–water partition coefficient (Wildman–Crippen LogP) is 1.12. The largest absolute Gasteiger partial charge is 0.492 e. The average molecular weight is 227 g/mol. The zero-order valence-electron chi connectivity index (χ0n) is 8.37. The van der Waals surface area contributed by atoms with Crippen molar-refractivity contribution in [1.29, 1.82) is 0 Å². The van der Waals surface area contributed by atoms with E-state index in [1.165, 1.54) is 0 Å². The Bertz CT molecular complexity index is 244. The van der Waals surface area contributed by atoms with Crippen LogP contribution in [-0.4, -0.2) is 42.5 Å². The molecular weight excluding hydrogens is 215 g/mol. The standard InChI is InChI=1S/C8H12F3NO3/c1-3-14-6-4-12(5(6)2)15-7(13)8(9,10)11/h5-6H,3-4H2,1-2H3/t5-,6+/m0/s1. The van der Waals surface area contributed by atoms with E-state index in [4.69, 9.17) is 4.74 Å². The molecule has 0 unspecified atom stereocenters. The van der Waals surface area contributed by atoms with Gasteiger partial charge in [0.15, 0.2) is 0 Å². The van der Waals surface area contributed by atoms with Crippen LogP contribution in [0.15, 0.2) is 0 Å². The number of carbonyl (C=O) groups excluding carboxylic acids is 1. The van der Waals surface area contributed by atoms with Crippen LogP contribution >= 0.6 is 0 Å². The van der Waals surface area contributed by atoms with Crippen LogP contribution in [0.4, 0.5) is 13.2 Å². The first-order valence-corrected chi connectivity index (χ1v) is 4.53. The van der Waals surface area contributed by atoms with E-state index in [0.717, 1.165) is 5.06 Å². The molecule has 1 saturated heterocycles. The molecule has 0 saturated carbocycles. The molecule has 4 nitrogen and oxygen atoms in total. The van der Waals surface area contributed by atoms with Gasteiger partial charge in [-0.15, -0.1) is 5.06 Å². The van der Waals surface area contributed by atoms with Crippen LogP contribution in [0.2, 0.25) is 0 Å². The first kappa shape index (κ1) is 12.3. The van der Waals surface area contributed by atoms with E-state index in [9.17, 15) is 18.0 Å². The average Bonchev–Trinajstić information content (AvgIpc) is 2.14. The highest BCUT2D eigenvalue weighted by Crippen LogP contribution is 2.24. The van der Waals surface area contributed by atoms with Crippen molar-refractivity contribution in [3.63, 3.8) is 0 Å². The predicted molar refractivity (Wildman–Crippen MR) is 43.7 cm³/mol. The maximum atomic E-state index is 11.8. The summed E-state index contributed by atoms with van der Waals surface area (Å²) in [6.07, 6.45) is -5.12. The van der Waals surface area contributed by atoms with E-state index in [1.54, 1.807) is 13.8 Å². The molecule has 1 aliphatic heterocycles. The zero-order valence-corrected chi connectivity index (χ0v) is 8.37. The molecule has 7 heteroatoms. The van der Waals surface area contributed by atoms with Gasteiger partial charge in [0.25, 0.3) is 0 Å². The number of carbonyl (C=O) groups is 1. The highest BCUT2D eigenvalue weighted by atomic mass is 19.4. The zero-order chi connectivity index (χ0) is 11.6. The molecule has 1 aliphatic rings. The summed E-state index contributed by atoms with van der Waals surface area (Å²) in [5.41, 5.74) is 0. The Morgan fingerprint density at radius 3 is 2.53 bits per heavy atom. The molecule has 0 amide bonds. The number of nitrogens with zero attached hydrogens (tertiary/aromatic N) is 1. The maximum Gasteiger partial charge on any atom is 0.492 e. The van der Waals surface area contributed by atoms with Gasteiger partial charge in [-0.2, -0.15) is 13.2 Å². The second-order valence-corrected chi connectivity index (χ2v) is 3.21. The summed E-state index contributed by atoms with van der Waals surface area (Å²) >= 11 is 0. The number of ether oxygens (including phenoxy) is 1. The van der Waals surface area contributed by atoms with Crippen LogP contribution in [0.5, 0.6) is 0 Å². The van der Waals surface area contributed by atoms with E-state index in [2.05, 4.69) is 4.84 Å². The van der Waals surface area contributed by atoms with Crippen molar-refractivity contribution in [2.45, 2.75) is 32.2 Å². The summed E-state index contributed by atoms with van der Waals surface area (Å²) in [5, 5.41) is 0.968. The lowest BCUT2D eigenvalue weighted by molar-refractivity contribution is -0.287. The Balaban J connectivity index is 2.35. The first-order valence-electron chi connectivity index (χ1n) is 4.53. The topological polar surface area (TPSA) is 38.8 Å². The smallest absolute Gasteiger partial charge is 0.375 e. The van der Waals surface area contributed by atoms with Gasteiger partial charge in [-0.05, 0) is 13.8 Å². The van der Waals surface area contributed by atoms with Gasteiger partial charge in [0.05, 0.1) is 18.7 Å². The summed E-state index contributed by atoms with van der Waals surface area (Å²) in [6, 6.07) is -0.337. The van der Waals surface area contributed by atoms with Crippen molar-refractivity contribution in [3.05, 3.63) is 0 Å². The fourth-order valence-electron chi connectivity index (χ4n) is 1.23. The van der Waals surface area contributed by atoms with Crippen LogP contribution in [0.3, 0.4) is 0 Å². The minimum absolute atomic E-state index is 0.170. The molecule has 0 radical (unpaired) electrons. The summed E-state index contributed by atoms with van der Waals surface area (Å²) < 4.78 is 40.6. The van der Waals surface area contributed by atoms with Gasteiger partial charge < -0.3 is 9.57 Å². The third-order valence-corrected chi connectivity index (χ3v) is 2.16. The lowest BCUT2D eigenvalue weighted by Crippen LogP contribution is -2.60. The summed E-state index contributed by atoms with van der Waals surface area (Å²) in [6.45, 7) is 4.08.